The quantitative estimate of drug-likeness (QED) is 0.813. The zero-order chi connectivity index (χ0) is 13.4. The van der Waals surface area contributed by atoms with Gasteiger partial charge in [0.2, 0.25) is 5.58 Å². The van der Waals surface area contributed by atoms with E-state index in [4.69, 9.17) is 9.52 Å². The minimum absolute atomic E-state index is 0.167. The number of rotatable bonds is 1. The maximum Gasteiger partial charge on any atom is 0.407 e. The molecule has 0 aliphatic carbocycles. The van der Waals surface area contributed by atoms with Gasteiger partial charge < -0.3 is 19.5 Å². The second-order valence-corrected chi connectivity index (χ2v) is 4.61. The fourth-order valence-corrected chi connectivity index (χ4v) is 2.53. The number of nitrogens with zero attached hydrogens (tertiary/aromatic N) is 3. The molecule has 0 aromatic carbocycles. The van der Waals surface area contributed by atoms with Crippen LogP contribution in [0.2, 0.25) is 0 Å². The summed E-state index contributed by atoms with van der Waals surface area (Å²) in [7, 11) is 0. The molecule has 3 heterocycles. The van der Waals surface area contributed by atoms with Gasteiger partial charge in [0.15, 0.2) is 0 Å². The van der Waals surface area contributed by atoms with Crippen molar-refractivity contribution in [1.29, 1.82) is 0 Å². The Balaban J connectivity index is 1.86. The van der Waals surface area contributed by atoms with E-state index in [0.29, 0.717) is 18.6 Å². The van der Waals surface area contributed by atoms with E-state index >= 15 is 0 Å². The zero-order valence-corrected chi connectivity index (χ0v) is 10.1. The topological polar surface area (TPSA) is 99.7 Å². The largest absolute Gasteiger partial charge is 0.491 e. The molecular weight excluding hydrogens is 250 g/mol. The highest BCUT2D eigenvalue weighted by Crippen LogP contribution is 2.35. The summed E-state index contributed by atoms with van der Waals surface area (Å²) in [6.45, 7) is 1.01. The summed E-state index contributed by atoms with van der Waals surface area (Å²) in [5, 5.41) is 18.5. The lowest BCUT2D eigenvalue weighted by Gasteiger charge is -2.29. The number of aromatic hydroxyl groups is 1. The summed E-state index contributed by atoms with van der Waals surface area (Å²) in [5.74, 6) is 0.0328. The van der Waals surface area contributed by atoms with Crippen LogP contribution < -0.4 is 0 Å². The lowest BCUT2D eigenvalue weighted by molar-refractivity contribution is 0.132. The van der Waals surface area contributed by atoms with Gasteiger partial charge in [0.1, 0.15) is 11.8 Å². The molecule has 1 aliphatic rings. The van der Waals surface area contributed by atoms with Crippen LogP contribution in [-0.2, 0) is 0 Å². The molecule has 2 aromatic heterocycles. The summed E-state index contributed by atoms with van der Waals surface area (Å²) in [5.41, 5.74) is 1.82. The van der Waals surface area contributed by atoms with Crippen LogP contribution in [0, 0.1) is 0 Å². The number of piperidine rings is 1. The highest BCUT2D eigenvalue weighted by molar-refractivity contribution is 5.80. The molecule has 19 heavy (non-hydrogen) atoms. The second-order valence-electron chi connectivity index (χ2n) is 4.61. The lowest BCUT2D eigenvalue weighted by Crippen LogP contribution is -2.36. The molecule has 1 amide bonds. The van der Waals surface area contributed by atoms with Gasteiger partial charge in [0, 0.05) is 18.7 Å². The van der Waals surface area contributed by atoms with Gasteiger partial charge in [-0.05, 0) is 18.8 Å². The number of hydrogen-bond acceptors (Lipinski definition) is 5. The molecule has 0 radical (unpaired) electrons. The van der Waals surface area contributed by atoms with E-state index in [-0.39, 0.29) is 17.4 Å². The number of carbonyl (C=O) groups is 1. The fraction of sp³-hybridized carbons (Fsp3) is 0.417. The van der Waals surface area contributed by atoms with Crippen LogP contribution in [0.3, 0.4) is 0 Å². The standard InChI is InChI=1S/C12H13N3O4/c16-11-10-9(13-6-14-11)8(5-19-10)7-1-3-15(4-2-7)12(17)18/h5-7H,1-4H2,(H,17,18)(H,13,14,16). The van der Waals surface area contributed by atoms with Crippen molar-refractivity contribution in [2.45, 2.75) is 18.8 Å². The molecule has 1 aliphatic heterocycles. The minimum atomic E-state index is -0.879. The zero-order valence-electron chi connectivity index (χ0n) is 10.1. The molecule has 2 N–H and O–H groups in total. The summed E-state index contributed by atoms with van der Waals surface area (Å²) in [4.78, 5) is 20.1. The Hall–Kier alpha value is -2.31. The number of likely N-dealkylation sites (tertiary alicyclic amines) is 1. The number of carboxylic acid groups (broad SMARTS) is 1. The SMILES string of the molecule is O=C(O)N1CCC(c2coc3c(O)ncnc23)CC1. The van der Waals surface area contributed by atoms with Crippen molar-refractivity contribution in [3.05, 3.63) is 18.2 Å². The van der Waals surface area contributed by atoms with Gasteiger partial charge in [0.25, 0.3) is 5.88 Å². The molecule has 100 valence electrons. The van der Waals surface area contributed by atoms with Crippen molar-refractivity contribution in [1.82, 2.24) is 14.9 Å². The number of hydrogen-bond donors (Lipinski definition) is 2. The first-order chi connectivity index (χ1) is 9.16. The molecular formula is C12H13N3O4. The Bertz CT molecular complexity index is 616. The third kappa shape index (κ3) is 1.96. The normalized spacial score (nSPS) is 16.9. The van der Waals surface area contributed by atoms with Gasteiger partial charge in [-0.15, -0.1) is 0 Å². The first kappa shape index (κ1) is 11.8. The van der Waals surface area contributed by atoms with E-state index in [0.717, 1.165) is 18.4 Å². The molecule has 1 saturated heterocycles. The van der Waals surface area contributed by atoms with Gasteiger partial charge in [-0.25, -0.2) is 9.78 Å². The molecule has 0 atom stereocenters. The van der Waals surface area contributed by atoms with Crippen molar-refractivity contribution in [2.75, 3.05) is 13.1 Å². The van der Waals surface area contributed by atoms with Crippen LogP contribution in [0.15, 0.2) is 17.0 Å². The van der Waals surface area contributed by atoms with E-state index in [1.807, 2.05) is 0 Å². The van der Waals surface area contributed by atoms with E-state index < -0.39 is 6.09 Å². The Labute approximate surface area is 108 Å². The van der Waals surface area contributed by atoms with Gasteiger partial charge in [-0.2, -0.15) is 4.98 Å². The van der Waals surface area contributed by atoms with Crippen LogP contribution in [0.5, 0.6) is 5.88 Å². The molecule has 0 saturated carbocycles. The molecule has 7 nitrogen and oxygen atoms in total. The Morgan fingerprint density at radius 3 is 2.79 bits per heavy atom. The predicted octanol–water partition coefficient (Wildman–Crippen LogP) is 1.79. The number of aromatic nitrogens is 2. The Morgan fingerprint density at radius 2 is 2.11 bits per heavy atom. The van der Waals surface area contributed by atoms with Gasteiger partial charge in [0.05, 0.1) is 6.26 Å². The van der Waals surface area contributed by atoms with Crippen LogP contribution in [-0.4, -0.2) is 44.3 Å². The molecule has 2 aromatic rings. The van der Waals surface area contributed by atoms with E-state index in [9.17, 15) is 9.90 Å². The van der Waals surface area contributed by atoms with Crippen LogP contribution in [0.1, 0.15) is 24.3 Å². The lowest BCUT2D eigenvalue weighted by atomic mass is 9.90. The minimum Gasteiger partial charge on any atom is -0.491 e. The number of furan rings is 1. The van der Waals surface area contributed by atoms with Crippen molar-refractivity contribution in [3.8, 4) is 5.88 Å². The average molecular weight is 263 g/mol. The molecule has 1 fully saturated rings. The van der Waals surface area contributed by atoms with Crippen LogP contribution in [0.25, 0.3) is 11.1 Å². The maximum atomic E-state index is 10.9. The average Bonchev–Trinajstić information content (AvgIpc) is 2.84. The van der Waals surface area contributed by atoms with Crippen molar-refractivity contribution < 1.29 is 19.4 Å². The Kier molecular flexibility index (Phi) is 2.73. The highest BCUT2D eigenvalue weighted by atomic mass is 16.4. The van der Waals surface area contributed by atoms with Crippen molar-refractivity contribution >= 4 is 17.2 Å². The third-order valence-electron chi connectivity index (χ3n) is 3.57. The van der Waals surface area contributed by atoms with Gasteiger partial charge in [-0.3, -0.25) is 0 Å². The summed E-state index contributed by atoms with van der Waals surface area (Å²) in [6.07, 6.45) is 3.45. The summed E-state index contributed by atoms with van der Waals surface area (Å²) in [6, 6.07) is 0. The third-order valence-corrected chi connectivity index (χ3v) is 3.57. The van der Waals surface area contributed by atoms with Gasteiger partial charge >= 0.3 is 6.09 Å². The first-order valence-corrected chi connectivity index (χ1v) is 6.05. The second kappa shape index (κ2) is 4.42. The monoisotopic (exact) mass is 263 g/mol. The predicted molar refractivity (Wildman–Crippen MR) is 65.0 cm³/mol. The molecule has 0 bridgehead atoms. The smallest absolute Gasteiger partial charge is 0.407 e. The maximum absolute atomic E-state index is 10.9. The van der Waals surface area contributed by atoms with Crippen LogP contribution in [0.4, 0.5) is 4.79 Å². The number of fused-ring (bicyclic) bond motifs is 1. The van der Waals surface area contributed by atoms with E-state index in [1.165, 1.54) is 11.2 Å². The van der Waals surface area contributed by atoms with Crippen LogP contribution >= 0.6 is 0 Å². The molecule has 7 heteroatoms. The summed E-state index contributed by atoms with van der Waals surface area (Å²) >= 11 is 0. The molecule has 0 unspecified atom stereocenters. The molecule has 0 spiro atoms. The van der Waals surface area contributed by atoms with E-state index in [1.54, 1.807) is 6.26 Å². The summed E-state index contributed by atoms with van der Waals surface area (Å²) < 4.78 is 5.30. The Morgan fingerprint density at radius 1 is 1.37 bits per heavy atom. The highest BCUT2D eigenvalue weighted by Gasteiger charge is 2.26. The fourth-order valence-electron chi connectivity index (χ4n) is 2.53. The number of amides is 1. The van der Waals surface area contributed by atoms with Crippen molar-refractivity contribution in [3.63, 3.8) is 0 Å². The van der Waals surface area contributed by atoms with Gasteiger partial charge in [-0.1, -0.05) is 0 Å². The first-order valence-electron chi connectivity index (χ1n) is 6.05. The van der Waals surface area contributed by atoms with E-state index in [2.05, 4.69) is 9.97 Å². The molecule has 3 rings (SSSR count). The van der Waals surface area contributed by atoms with Crippen molar-refractivity contribution in [2.24, 2.45) is 0 Å².